The van der Waals surface area contributed by atoms with Gasteiger partial charge in [-0.25, -0.2) is 0 Å². The third-order valence-corrected chi connectivity index (χ3v) is 11.4. The summed E-state index contributed by atoms with van der Waals surface area (Å²) in [5.41, 5.74) is 25.8. The Balaban J connectivity index is 0.00000265. The Morgan fingerprint density at radius 3 is 1.66 bits per heavy atom. The van der Waals surface area contributed by atoms with Gasteiger partial charge in [-0.2, -0.15) is 0 Å². The van der Waals surface area contributed by atoms with Gasteiger partial charge in [-0.15, -0.1) is 0 Å². The van der Waals surface area contributed by atoms with Gasteiger partial charge in [-0.05, 0) is 198 Å². The SMILES string of the molecule is C=C/C=C\C=Cc1cc(-c2ccccc2)cc(-c2cc(C)c(C(=C(\C(C)=C/C(=C)C)C(C)C)/C(C)=C(\C)C(=C(C)C)c3ccc(C=C)c(-c4ccccc4C)c3)c(C)c2)c1.CC.CC. The summed E-state index contributed by atoms with van der Waals surface area (Å²) in [7, 11) is 0. The molecule has 0 unspecified atom stereocenters. The van der Waals surface area contributed by atoms with Crippen LogP contribution in [0.5, 0.6) is 0 Å². The minimum atomic E-state index is 0.263. The van der Waals surface area contributed by atoms with Crippen LogP contribution in [0.2, 0.25) is 0 Å². The summed E-state index contributed by atoms with van der Waals surface area (Å²) in [6, 6.07) is 37.8. The van der Waals surface area contributed by atoms with Gasteiger partial charge in [0.1, 0.15) is 0 Å². The van der Waals surface area contributed by atoms with Gasteiger partial charge in [0.25, 0.3) is 0 Å². The molecule has 0 spiro atoms. The van der Waals surface area contributed by atoms with Crippen LogP contribution in [0.15, 0.2) is 187 Å². The van der Waals surface area contributed by atoms with Crippen molar-refractivity contribution >= 4 is 23.3 Å². The highest BCUT2D eigenvalue weighted by molar-refractivity contribution is 5.95. The molecule has 332 valence electrons. The van der Waals surface area contributed by atoms with Gasteiger partial charge in [-0.3, -0.25) is 0 Å². The van der Waals surface area contributed by atoms with Crippen molar-refractivity contribution < 1.29 is 0 Å². The fourth-order valence-corrected chi connectivity index (χ4v) is 8.71. The van der Waals surface area contributed by atoms with E-state index in [0.717, 1.165) is 16.7 Å². The van der Waals surface area contributed by atoms with Crippen molar-refractivity contribution in [1.82, 2.24) is 0 Å². The van der Waals surface area contributed by atoms with Gasteiger partial charge in [-0.1, -0.05) is 194 Å². The lowest BCUT2D eigenvalue weighted by molar-refractivity contribution is 0.779. The fraction of sp³-hybridized carbons (Fsp3) is 0.250. The molecule has 0 atom stereocenters. The lowest BCUT2D eigenvalue weighted by atomic mass is 9.78. The van der Waals surface area contributed by atoms with Crippen LogP contribution in [0.1, 0.15) is 122 Å². The van der Waals surface area contributed by atoms with Gasteiger partial charge in [0, 0.05) is 0 Å². The maximum Gasteiger partial charge on any atom is -0.0103 e. The van der Waals surface area contributed by atoms with E-state index in [0.29, 0.717) is 0 Å². The quantitative estimate of drug-likeness (QED) is 0.0977. The van der Waals surface area contributed by atoms with Gasteiger partial charge in [0.05, 0.1) is 0 Å². The Morgan fingerprint density at radius 1 is 0.547 bits per heavy atom. The minimum Gasteiger partial charge on any atom is -0.0991 e. The molecule has 0 saturated heterocycles. The first kappa shape index (κ1) is 52.1. The molecule has 0 saturated carbocycles. The zero-order valence-corrected chi connectivity index (χ0v) is 42.1. The second-order valence-corrected chi connectivity index (χ2v) is 16.7. The molecule has 0 aliphatic carbocycles. The van der Waals surface area contributed by atoms with E-state index in [1.165, 1.54) is 100 Å². The maximum absolute atomic E-state index is 4.30. The molecule has 0 nitrogen and oxygen atoms in total. The standard InChI is InChI=1S/C60H64.2C2H6/c1-15-17-18-20-26-48-35-53(50-27-21-19-22-28-50)37-54(36-48)52-33-44(11)59(45(12)34-52)60(57(40(5)6)43(10)32-39(3)4)47(14)46(13)58(41(7)8)51-31-30-49(16-2)56(38-51)55-29-24-23-25-42(55)9;2*1-2/h15-38,40H,1-3H2,4-14H3;2*1-2H3/b18-17-,26-20?,43-32-,47-46+,60-57-;;. The van der Waals surface area contributed by atoms with Crippen molar-refractivity contribution in [2.24, 2.45) is 5.92 Å². The lowest BCUT2D eigenvalue weighted by Gasteiger charge is -2.27. The highest BCUT2D eigenvalue weighted by Gasteiger charge is 2.23. The molecule has 5 aromatic carbocycles. The Hall–Kier alpha value is -6.24. The van der Waals surface area contributed by atoms with Crippen LogP contribution < -0.4 is 0 Å². The summed E-state index contributed by atoms with van der Waals surface area (Å²) in [5.74, 6) is 0.263. The van der Waals surface area contributed by atoms with Crippen LogP contribution in [0, 0.1) is 26.7 Å². The van der Waals surface area contributed by atoms with E-state index in [9.17, 15) is 0 Å². The third-order valence-electron chi connectivity index (χ3n) is 11.4. The molecule has 0 radical (unpaired) electrons. The maximum atomic E-state index is 4.30. The molecule has 0 aliphatic rings. The summed E-state index contributed by atoms with van der Waals surface area (Å²) >= 11 is 0. The normalized spacial score (nSPS) is 12.2. The Morgan fingerprint density at radius 2 is 1.11 bits per heavy atom. The first-order chi connectivity index (χ1) is 30.7. The van der Waals surface area contributed by atoms with Crippen molar-refractivity contribution in [2.75, 3.05) is 0 Å². The number of aryl methyl sites for hydroxylation is 3. The molecule has 64 heavy (non-hydrogen) atoms. The van der Waals surface area contributed by atoms with Gasteiger partial charge in [0.2, 0.25) is 0 Å². The van der Waals surface area contributed by atoms with Gasteiger partial charge >= 0.3 is 0 Å². The lowest BCUT2D eigenvalue weighted by Crippen LogP contribution is -2.08. The van der Waals surface area contributed by atoms with Crippen molar-refractivity contribution in [3.8, 4) is 33.4 Å². The van der Waals surface area contributed by atoms with Crippen molar-refractivity contribution in [3.05, 3.63) is 226 Å². The number of allylic oxidation sites excluding steroid dienone is 13. The van der Waals surface area contributed by atoms with Crippen LogP contribution in [0.25, 0.3) is 56.7 Å². The number of benzene rings is 5. The molecule has 0 amide bonds. The zero-order chi connectivity index (χ0) is 47.7. The van der Waals surface area contributed by atoms with E-state index in [-0.39, 0.29) is 5.92 Å². The molecule has 5 rings (SSSR count). The van der Waals surface area contributed by atoms with Crippen molar-refractivity contribution in [1.29, 1.82) is 0 Å². The van der Waals surface area contributed by atoms with Crippen LogP contribution >= 0.6 is 0 Å². The Kier molecular flexibility index (Phi) is 20.5. The minimum absolute atomic E-state index is 0.263. The van der Waals surface area contributed by atoms with E-state index in [4.69, 9.17) is 0 Å². The largest absolute Gasteiger partial charge is 0.0991 e. The van der Waals surface area contributed by atoms with Crippen LogP contribution in [-0.2, 0) is 0 Å². The number of hydrogen-bond acceptors (Lipinski definition) is 0. The average Bonchev–Trinajstić information content (AvgIpc) is 3.28. The predicted molar refractivity (Wildman–Crippen MR) is 292 cm³/mol. The van der Waals surface area contributed by atoms with Crippen LogP contribution in [0.3, 0.4) is 0 Å². The van der Waals surface area contributed by atoms with E-state index in [1.54, 1.807) is 6.08 Å². The van der Waals surface area contributed by atoms with E-state index in [2.05, 4.69) is 217 Å². The molecule has 0 N–H and O–H groups in total. The van der Waals surface area contributed by atoms with Crippen molar-refractivity contribution in [3.63, 3.8) is 0 Å². The molecule has 5 aromatic rings. The van der Waals surface area contributed by atoms with E-state index in [1.807, 2.05) is 45.9 Å². The topological polar surface area (TPSA) is 0 Å². The second-order valence-electron chi connectivity index (χ2n) is 16.7. The van der Waals surface area contributed by atoms with E-state index < -0.39 is 0 Å². The fourth-order valence-electron chi connectivity index (χ4n) is 8.71. The first-order valence-electron chi connectivity index (χ1n) is 23.2. The Bertz CT molecular complexity index is 2590. The van der Waals surface area contributed by atoms with Gasteiger partial charge < -0.3 is 0 Å². The van der Waals surface area contributed by atoms with Crippen LogP contribution in [-0.4, -0.2) is 0 Å². The first-order valence-corrected chi connectivity index (χ1v) is 23.2. The third kappa shape index (κ3) is 12.9. The van der Waals surface area contributed by atoms with E-state index >= 15 is 0 Å². The number of hydrogen-bond donors (Lipinski definition) is 0. The molecule has 0 heterocycles. The molecule has 0 aromatic heterocycles. The van der Waals surface area contributed by atoms with Gasteiger partial charge in [0.15, 0.2) is 0 Å². The smallest absolute Gasteiger partial charge is 0.0103 e. The molecule has 0 bridgehead atoms. The molecule has 0 aliphatic heterocycles. The highest BCUT2D eigenvalue weighted by Crippen LogP contribution is 2.44. The zero-order valence-electron chi connectivity index (χ0n) is 42.1. The monoisotopic (exact) mass is 845 g/mol. The summed E-state index contributed by atoms with van der Waals surface area (Å²) in [6.45, 7) is 45.2. The predicted octanol–water partition coefficient (Wildman–Crippen LogP) is 19.8. The van der Waals surface area contributed by atoms with Crippen LogP contribution in [0.4, 0.5) is 0 Å². The second kappa shape index (κ2) is 25.2. The Labute approximate surface area is 390 Å². The summed E-state index contributed by atoms with van der Waals surface area (Å²) in [5, 5.41) is 0. The highest BCUT2D eigenvalue weighted by atomic mass is 14.3. The number of rotatable bonds is 14. The molecule has 0 heteroatoms. The molecular formula is C64H76. The summed E-state index contributed by atoms with van der Waals surface area (Å²) in [6.07, 6.45) is 14.2. The summed E-state index contributed by atoms with van der Waals surface area (Å²) in [4.78, 5) is 0. The molecular weight excluding hydrogens is 769 g/mol. The van der Waals surface area contributed by atoms with Crippen molar-refractivity contribution in [2.45, 2.75) is 104 Å². The summed E-state index contributed by atoms with van der Waals surface area (Å²) < 4.78 is 0. The molecule has 0 fully saturated rings. The average molecular weight is 845 g/mol.